The zero-order valence-electron chi connectivity index (χ0n) is 7.02. The minimum atomic E-state index is -3.26. The molecule has 0 aliphatic carbocycles. The van der Waals surface area contributed by atoms with Crippen molar-refractivity contribution in [3.63, 3.8) is 0 Å². The van der Waals surface area contributed by atoms with Gasteiger partial charge in [0.25, 0.3) is 0 Å². The second-order valence-electron chi connectivity index (χ2n) is 3.00. The van der Waals surface area contributed by atoms with Crippen LogP contribution in [0.5, 0.6) is 0 Å². The van der Waals surface area contributed by atoms with Gasteiger partial charge in [0.05, 0.1) is 17.1 Å². The second kappa shape index (κ2) is 2.95. The quantitative estimate of drug-likeness (QED) is 0.433. The Kier molecular flexibility index (Phi) is 2.24. The van der Waals surface area contributed by atoms with Crippen LogP contribution in [0.4, 0.5) is 0 Å². The number of nitriles is 1. The van der Waals surface area contributed by atoms with Crippen molar-refractivity contribution in [2.24, 2.45) is 4.99 Å². The monoisotopic (exact) mass is 200 g/mol. The fourth-order valence-electron chi connectivity index (χ4n) is 1.38. The molecule has 0 radical (unpaired) electrons. The van der Waals surface area contributed by atoms with Gasteiger partial charge in [0.15, 0.2) is 15.4 Å². The van der Waals surface area contributed by atoms with Gasteiger partial charge in [0.1, 0.15) is 0 Å². The molecule has 5 nitrogen and oxygen atoms in total. The lowest BCUT2D eigenvalue weighted by atomic mass is 9.96. The number of aliphatic imine (C=N–C) groups is 1. The number of rotatable bonds is 1. The van der Waals surface area contributed by atoms with E-state index in [1.165, 1.54) is 13.0 Å². The van der Waals surface area contributed by atoms with Crippen LogP contribution in [0.3, 0.4) is 0 Å². The van der Waals surface area contributed by atoms with E-state index in [1.54, 1.807) is 6.07 Å². The molecule has 0 amide bonds. The molecular weight excluding hydrogens is 192 g/mol. The van der Waals surface area contributed by atoms with Crippen molar-refractivity contribution < 1.29 is 13.2 Å². The van der Waals surface area contributed by atoms with Crippen LogP contribution in [0.25, 0.3) is 0 Å². The van der Waals surface area contributed by atoms with Gasteiger partial charge in [-0.3, -0.25) is 0 Å². The van der Waals surface area contributed by atoms with Crippen molar-refractivity contribution in [1.29, 1.82) is 5.26 Å². The molecular formula is C7H8N2O3S. The Labute approximate surface area is 76.0 Å². The Morgan fingerprint density at radius 2 is 2.23 bits per heavy atom. The van der Waals surface area contributed by atoms with Gasteiger partial charge in [0, 0.05) is 6.42 Å². The fraction of sp³-hybridized carbons (Fsp3) is 0.714. The van der Waals surface area contributed by atoms with Crippen LogP contribution in [-0.4, -0.2) is 31.0 Å². The maximum Gasteiger partial charge on any atom is 0.236 e. The molecule has 0 aromatic rings. The lowest BCUT2D eigenvalue weighted by Crippen LogP contribution is -2.34. The molecule has 1 rings (SSSR count). The minimum Gasteiger partial charge on any atom is -0.228 e. The highest BCUT2D eigenvalue weighted by Gasteiger charge is 2.50. The number of hydrogen-bond donors (Lipinski definition) is 0. The summed E-state index contributed by atoms with van der Waals surface area (Å²) in [5.74, 6) is -0.0904. The van der Waals surface area contributed by atoms with Gasteiger partial charge in [-0.15, -0.1) is 0 Å². The van der Waals surface area contributed by atoms with Crippen LogP contribution >= 0.6 is 0 Å². The molecule has 0 bridgehead atoms. The highest BCUT2D eigenvalue weighted by molar-refractivity contribution is 7.92. The van der Waals surface area contributed by atoms with E-state index in [0.717, 1.165) is 0 Å². The van der Waals surface area contributed by atoms with Crippen LogP contribution < -0.4 is 0 Å². The third-order valence-corrected chi connectivity index (χ3v) is 4.66. The number of sulfone groups is 1. The Morgan fingerprint density at radius 3 is 2.54 bits per heavy atom. The molecule has 6 heteroatoms. The molecule has 70 valence electrons. The van der Waals surface area contributed by atoms with Crippen LogP contribution in [0, 0.1) is 11.3 Å². The number of isocyanates is 1. The topological polar surface area (TPSA) is 87.4 Å². The van der Waals surface area contributed by atoms with Gasteiger partial charge in [-0.25, -0.2) is 13.2 Å². The third-order valence-electron chi connectivity index (χ3n) is 2.42. The third kappa shape index (κ3) is 1.37. The van der Waals surface area contributed by atoms with E-state index in [-0.39, 0.29) is 12.2 Å². The van der Waals surface area contributed by atoms with Crippen molar-refractivity contribution in [2.45, 2.75) is 24.1 Å². The number of carbonyl (C=O) groups excluding carboxylic acids is 1. The van der Waals surface area contributed by atoms with Crippen LogP contribution in [0.15, 0.2) is 4.99 Å². The molecule has 0 aromatic heterocycles. The number of nitrogens with zero attached hydrogens (tertiary/aromatic N) is 2. The largest absolute Gasteiger partial charge is 0.236 e. The van der Waals surface area contributed by atoms with E-state index < -0.39 is 20.6 Å². The lowest BCUT2D eigenvalue weighted by molar-refractivity contribution is 0.514. The van der Waals surface area contributed by atoms with Crippen molar-refractivity contribution in [1.82, 2.24) is 0 Å². The van der Waals surface area contributed by atoms with Gasteiger partial charge in [-0.1, -0.05) is 0 Å². The first-order valence-corrected chi connectivity index (χ1v) is 5.42. The summed E-state index contributed by atoms with van der Waals surface area (Å²) in [5, 5.41) is 7.85. The molecule has 1 fully saturated rings. The first-order valence-electron chi connectivity index (χ1n) is 3.70. The summed E-state index contributed by atoms with van der Waals surface area (Å²) < 4.78 is 22.5. The summed E-state index contributed by atoms with van der Waals surface area (Å²) in [6.07, 6.45) is 1.34. The molecule has 0 saturated carbocycles. The zero-order chi connectivity index (χ0) is 10.1. The van der Waals surface area contributed by atoms with Gasteiger partial charge >= 0.3 is 0 Å². The predicted octanol–water partition coefficient (Wildman–Crippen LogP) is -0.208. The summed E-state index contributed by atoms with van der Waals surface area (Å²) in [5.41, 5.74) is -1.40. The van der Waals surface area contributed by atoms with E-state index >= 15 is 0 Å². The van der Waals surface area contributed by atoms with Gasteiger partial charge < -0.3 is 0 Å². The normalized spacial score (nSPS) is 36.2. The average molecular weight is 200 g/mol. The summed E-state index contributed by atoms with van der Waals surface area (Å²) in [7, 11) is -3.26. The molecule has 1 aliphatic rings. The molecule has 0 N–H and O–H groups in total. The maximum absolute atomic E-state index is 11.3. The zero-order valence-corrected chi connectivity index (χ0v) is 7.84. The Balaban J connectivity index is 3.23. The van der Waals surface area contributed by atoms with E-state index in [0.29, 0.717) is 0 Å². The van der Waals surface area contributed by atoms with Gasteiger partial charge in [-0.2, -0.15) is 10.3 Å². The highest BCUT2D eigenvalue weighted by atomic mass is 32.2. The first kappa shape index (κ1) is 9.90. The van der Waals surface area contributed by atoms with Crippen LogP contribution in [0.2, 0.25) is 0 Å². The molecule has 1 heterocycles. The maximum atomic E-state index is 11.3. The van der Waals surface area contributed by atoms with Crippen molar-refractivity contribution in [2.75, 3.05) is 5.75 Å². The SMILES string of the molecule is CC1C(C#N)(N=C=O)CCS1(=O)=O. The fourth-order valence-corrected chi connectivity index (χ4v) is 3.14. The van der Waals surface area contributed by atoms with Crippen LogP contribution in [0.1, 0.15) is 13.3 Å². The Bertz CT molecular complexity index is 402. The number of hydrogen-bond acceptors (Lipinski definition) is 5. The predicted molar refractivity (Wildman–Crippen MR) is 44.3 cm³/mol. The molecule has 1 aliphatic heterocycles. The molecule has 1 saturated heterocycles. The molecule has 2 atom stereocenters. The van der Waals surface area contributed by atoms with Crippen molar-refractivity contribution in [3.8, 4) is 6.07 Å². The second-order valence-corrected chi connectivity index (χ2v) is 5.44. The average Bonchev–Trinajstić information content (AvgIpc) is 2.31. The van der Waals surface area contributed by atoms with Gasteiger partial charge in [-0.05, 0) is 6.92 Å². The smallest absolute Gasteiger partial charge is 0.228 e. The first-order chi connectivity index (χ1) is 5.98. The summed E-state index contributed by atoms with van der Waals surface area (Å²) in [6, 6.07) is 1.78. The van der Waals surface area contributed by atoms with E-state index in [1.807, 2.05) is 0 Å². The van der Waals surface area contributed by atoms with Crippen molar-refractivity contribution >= 4 is 15.9 Å². The Hall–Kier alpha value is -1.18. The van der Waals surface area contributed by atoms with Gasteiger partial charge in [0.2, 0.25) is 6.08 Å². The molecule has 0 spiro atoms. The molecule has 2 unspecified atom stereocenters. The van der Waals surface area contributed by atoms with E-state index in [4.69, 9.17) is 5.26 Å². The molecule has 0 aromatic carbocycles. The lowest BCUT2D eigenvalue weighted by Gasteiger charge is -2.16. The highest BCUT2D eigenvalue weighted by Crippen LogP contribution is 2.33. The Morgan fingerprint density at radius 1 is 1.62 bits per heavy atom. The summed E-state index contributed by atoms with van der Waals surface area (Å²) in [6.45, 7) is 1.40. The van der Waals surface area contributed by atoms with Crippen LogP contribution in [-0.2, 0) is 14.6 Å². The van der Waals surface area contributed by atoms with E-state index in [2.05, 4.69) is 4.99 Å². The summed E-state index contributed by atoms with van der Waals surface area (Å²) in [4.78, 5) is 13.3. The summed E-state index contributed by atoms with van der Waals surface area (Å²) >= 11 is 0. The standard InChI is InChI=1S/C7H8N2O3S/c1-6-7(4-8,9-5-10)2-3-13(6,11)12/h6H,2-3H2,1H3. The minimum absolute atomic E-state index is 0.0856. The van der Waals surface area contributed by atoms with Crippen molar-refractivity contribution in [3.05, 3.63) is 0 Å². The van der Waals surface area contributed by atoms with E-state index in [9.17, 15) is 13.2 Å². The molecule has 13 heavy (non-hydrogen) atoms.